The number of nitrogens with one attached hydrogen (secondary N) is 1. The first kappa shape index (κ1) is 15.4. The molecule has 0 radical (unpaired) electrons. The van der Waals surface area contributed by atoms with E-state index >= 15 is 0 Å². The predicted molar refractivity (Wildman–Crippen MR) is 81.0 cm³/mol. The van der Waals surface area contributed by atoms with Crippen molar-refractivity contribution in [3.8, 4) is 0 Å². The quantitative estimate of drug-likeness (QED) is 0.809. The third kappa shape index (κ3) is 3.57. The number of aromatic nitrogens is 1. The zero-order chi connectivity index (χ0) is 14.9. The van der Waals surface area contributed by atoms with Crippen LogP contribution in [0, 0.1) is 6.92 Å². The summed E-state index contributed by atoms with van der Waals surface area (Å²) in [5.74, 6) is -1.01. The van der Waals surface area contributed by atoms with Crippen LogP contribution in [0.3, 0.4) is 0 Å². The largest absolute Gasteiger partial charge is 0.481 e. The van der Waals surface area contributed by atoms with Crippen LogP contribution in [0.5, 0.6) is 0 Å². The molecule has 0 amide bonds. The number of nitrogens with zero attached hydrogens (tertiary/aromatic N) is 1. The molecule has 0 unspecified atom stereocenters. The van der Waals surface area contributed by atoms with Gasteiger partial charge in [-0.2, -0.15) is 0 Å². The zero-order valence-electron chi connectivity index (χ0n) is 10.1. The fraction of sp³-hybridized carbons (Fsp3) is 0.200. The summed E-state index contributed by atoms with van der Waals surface area (Å²) in [5.41, 5.74) is 0.323. The molecule has 0 spiro atoms. The molecular formula is C10H9BrN2O4S3. The van der Waals surface area contributed by atoms with E-state index < -0.39 is 16.0 Å². The molecule has 2 aromatic heterocycles. The summed E-state index contributed by atoms with van der Waals surface area (Å²) in [6.45, 7) is 1.71. The fourth-order valence-electron chi connectivity index (χ4n) is 1.46. The minimum atomic E-state index is -3.71. The van der Waals surface area contributed by atoms with Gasteiger partial charge in [-0.25, -0.2) is 13.4 Å². The normalized spacial score (nSPS) is 11.5. The Morgan fingerprint density at radius 2 is 2.25 bits per heavy atom. The van der Waals surface area contributed by atoms with Gasteiger partial charge in [0.1, 0.15) is 4.90 Å². The number of aryl methyl sites for hydroxylation is 1. The lowest BCUT2D eigenvalue weighted by atomic mass is 10.3. The number of hydrogen-bond acceptors (Lipinski definition) is 6. The van der Waals surface area contributed by atoms with Crippen molar-refractivity contribution in [2.24, 2.45) is 0 Å². The van der Waals surface area contributed by atoms with Crippen molar-refractivity contribution >= 4 is 59.7 Å². The first-order chi connectivity index (χ1) is 9.28. The smallest absolute Gasteiger partial charge is 0.309 e. The first-order valence-corrected chi connectivity index (χ1v) is 9.20. The Morgan fingerprint density at radius 1 is 1.55 bits per heavy atom. The highest BCUT2D eigenvalue weighted by Gasteiger charge is 2.21. The number of thiazole rings is 1. The molecule has 0 saturated heterocycles. The molecule has 0 aliphatic carbocycles. The number of aliphatic carboxylic acids is 1. The van der Waals surface area contributed by atoms with Gasteiger partial charge in [-0.1, -0.05) is 0 Å². The van der Waals surface area contributed by atoms with Crippen LogP contribution in [0.25, 0.3) is 0 Å². The molecule has 0 fully saturated rings. The summed E-state index contributed by atoms with van der Waals surface area (Å²) in [6.07, 6.45) is -0.235. The first-order valence-electron chi connectivity index (χ1n) is 5.23. The van der Waals surface area contributed by atoms with E-state index in [-0.39, 0.29) is 16.4 Å². The Hall–Kier alpha value is -0.970. The van der Waals surface area contributed by atoms with Crippen molar-refractivity contribution in [1.82, 2.24) is 4.98 Å². The number of carboxylic acid groups (broad SMARTS) is 1. The summed E-state index contributed by atoms with van der Waals surface area (Å²) < 4.78 is 27.5. The van der Waals surface area contributed by atoms with Gasteiger partial charge in [0.2, 0.25) is 0 Å². The van der Waals surface area contributed by atoms with Gasteiger partial charge in [0.15, 0.2) is 5.13 Å². The van der Waals surface area contributed by atoms with Gasteiger partial charge < -0.3 is 5.11 Å². The Morgan fingerprint density at radius 3 is 2.80 bits per heavy atom. The van der Waals surface area contributed by atoms with Gasteiger partial charge in [-0.15, -0.1) is 22.7 Å². The molecule has 0 aromatic carbocycles. The van der Waals surface area contributed by atoms with Crippen molar-refractivity contribution in [1.29, 1.82) is 0 Å². The van der Waals surface area contributed by atoms with Gasteiger partial charge in [-0.3, -0.25) is 9.52 Å². The van der Waals surface area contributed by atoms with Gasteiger partial charge in [0.25, 0.3) is 10.0 Å². The second kappa shape index (κ2) is 5.80. The lowest BCUT2D eigenvalue weighted by Crippen LogP contribution is -2.13. The molecule has 20 heavy (non-hydrogen) atoms. The molecule has 6 nitrogen and oxygen atoms in total. The number of carbonyl (C=O) groups is 1. The molecular weight excluding hydrogens is 388 g/mol. The number of thiophene rings is 1. The van der Waals surface area contributed by atoms with Crippen molar-refractivity contribution in [3.63, 3.8) is 0 Å². The SMILES string of the molecule is Cc1sc(Br)cc1S(=O)(=O)Nc1nc(CC(=O)O)cs1. The molecule has 2 rings (SSSR count). The number of halogens is 1. The molecule has 0 aliphatic heterocycles. The van der Waals surface area contributed by atoms with Crippen LogP contribution in [-0.4, -0.2) is 24.5 Å². The molecule has 108 valence electrons. The van der Waals surface area contributed by atoms with E-state index in [4.69, 9.17) is 5.11 Å². The molecule has 10 heteroatoms. The highest BCUT2D eigenvalue weighted by Crippen LogP contribution is 2.31. The predicted octanol–water partition coefficient (Wildman–Crippen LogP) is 2.70. The Kier molecular flexibility index (Phi) is 4.47. The molecule has 0 atom stereocenters. The summed E-state index contributed by atoms with van der Waals surface area (Å²) >= 11 is 5.62. The molecule has 2 N–H and O–H groups in total. The molecule has 0 bridgehead atoms. The van der Waals surface area contributed by atoms with E-state index in [1.165, 1.54) is 22.8 Å². The maximum absolute atomic E-state index is 12.2. The number of sulfonamides is 1. The second-order valence-electron chi connectivity index (χ2n) is 3.79. The zero-order valence-corrected chi connectivity index (χ0v) is 14.1. The van der Waals surface area contributed by atoms with Crippen molar-refractivity contribution in [2.45, 2.75) is 18.2 Å². The minimum Gasteiger partial charge on any atom is -0.481 e. The lowest BCUT2D eigenvalue weighted by Gasteiger charge is -2.03. The summed E-state index contributed by atoms with van der Waals surface area (Å²) in [6, 6.07) is 1.52. The summed E-state index contributed by atoms with van der Waals surface area (Å²) in [5, 5.41) is 10.3. The molecule has 0 aliphatic rings. The fourth-order valence-corrected chi connectivity index (χ4v) is 5.84. The average molecular weight is 397 g/mol. The van der Waals surface area contributed by atoms with E-state index in [9.17, 15) is 13.2 Å². The standard InChI is InChI=1S/C10H9BrN2O4S3/c1-5-7(3-8(11)19-5)20(16,17)13-10-12-6(4-18-10)2-9(14)15/h3-4H,2H2,1H3,(H,12,13)(H,14,15). The average Bonchev–Trinajstić information content (AvgIpc) is 2.84. The highest BCUT2D eigenvalue weighted by molar-refractivity contribution is 9.11. The van der Waals surface area contributed by atoms with Crippen molar-refractivity contribution in [3.05, 3.63) is 25.8 Å². The summed E-state index contributed by atoms with van der Waals surface area (Å²) in [7, 11) is -3.71. The number of rotatable bonds is 5. The Balaban J connectivity index is 2.22. The molecule has 2 aromatic rings. The molecule has 2 heterocycles. The summed E-state index contributed by atoms with van der Waals surface area (Å²) in [4.78, 5) is 15.3. The van der Waals surface area contributed by atoms with Gasteiger partial charge in [0, 0.05) is 10.3 Å². The number of anilines is 1. The van der Waals surface area contributed by atoms with E-state index in [1.54, 1.807) is 6.92 Å². The van der Waals surface area contributed by atoms with Gasteiger partial charge >= 0.3 is 5.97 Å². The third-order valence-electron chi connectivity index (χ3n) is 2.24. The molecule has 0 saturated carbocycles. The van der Waals surface area contributed by atoms with Crippen LogP contribution in [0.4, 0.5) is 5.13 Å². The van der Waals surface area contributed by atoms with Crippen LogP contribution in [0.15, 0.2) is 20.1 Å². The van der Waals surface area contributed by atoms with E-state index in [2.05, 4.69) is 25.6 Å². The van der Waals surface area contributed by atoms with Crippen LogP contribution < -0.4 is 4.72 Å². The van der Waals surface area contributed by atoms with Crippen LogP contribution in [0.2, 0.25) is 0 Å². The van der Waals surface area contributed by atoms with Crippen molar-refractivity contribution in [2.75, 3.05) is 4.72 Å². The van der Waals surface area contributed by atoms with Gasteiger partial charge in [0.05, 0.1) is 15.9 Å². The highest BCUT2D eigenvalue weighted by atomic mass is 79.9. The van der Waals surface area contributed by atoms with E-state index in [1.807, 2.05) is 0 Å². The van der Waals surface area contributed by atoms with Crippen LogP contribution >= 0.6 is 38.6 Å². The maximum Gasteiger partial charge on any atom is 0.309 e. The minimum absolute atomic E-state index is 0.156. The van der Waals surface area contributed by atoms with Crippen LogP contribution in [0.1, 0.15) is 10.6 Å². The Bertz CT molecular complexity index is 750. The second-order valence-corrected chi connectivity index (χ2v) is 8.94. The topological polar surface area (TPSA) is 96.4 Å². The maximum atomic E-state index is 12.2. The number of hydrogen-bond donors (Lipinski definition) is 2. The number of carboxylic acids is 1. The van der Waals surface area contributed by atoms with E-state index in [0.717, 1.165) is 15.1 Å². The third-order valence-corrected chi connectivity index (χ3v) is 6.32. The Labute approximate surface area is 131 Å². The van der Waals surface area contributed by atoms with Crippen LogP contribution in [-0.2, 0) is 21.2 Å². The lowest BCUT2D eigenvalue weighted by molar-refractivity contribution is -0.136. The van der Waals surface area contributed by atoms with Gasteiger partial charge in [-0.05, 0) is 28.9 Å². The monoisotopic (exact) mass is 396 g/mol. The van der Waals surface area contributed by atoms with E-state index in [0.29, 0.717) is 10.6 Å². The van der Waals surface area contributed by atoms with Crippen molar-refractivity contribution < 1.29 is 18.3 Å².